The minimum Gasteiger partial charge on any atom is -0.267 e. The van der Waals surface area contributed by atoms with Crippen molar-refractivity contribution in [3.63, 3.8) is 0 Å². The summed E-state index contributed by atoms with van der Waals surface area (Å²) in [5.41, 5.74) is 2.18. The molecule has 12 heavy (non-hydrogen) atoms. The van der Waals surface area contributed by atoms with Crippen LogP contribution in [-0.2, 0) is 0 Å². The third-order valence-corrected chi connectivity index (χ3v) is 1.13. The maximum Gasteiger partial charge on any atom is 0.309 e. The van der Waals surface area contributed by atoms with E-state index in [1.165, 1.54) is 6.21 Å². The van der Waals surface area contributed by atoms with Gasteiger partial charge in [-0.3, -0.25) is 5.84 Å². The predicted octanol–water partition coefficient (Wildman–Crippen LogP) is -0.746. The number of hydrogen-bond donors (Lipinski definition) is 2. The lowest BCUT2D eigenvalue weighted by molar-refractivity contribution is 0.470. The lowest BCUT2D eigenvalue weighted by atomic mass is 10.4. The second-order valence-corrected chi connectivity index (χ2v) is 1.80. The highest BCUT2D eigenvalue weighted by Gasteiger charge is 2.30. The molecule has 0 aromatic heterocycles. The van der Waals surface area contributed by atoms with E-state index < -0.39 is 5.79 Å². The fourth-order valence-corrected chi connectivity index (χ4v) is 0.596. The average Bonchev–Trinajstić information content (AvgIpc) is 2.49. The molecular formula is C5H5BrN6. The molecule has 0 saturated carbocycles. The zero-order valence-corrected chi connectivity index (χ0v) is 7.56. The summed E-state index contributed by atoms with van der Waals surface area (Å²) in [4.78, 5) is 7.22. The Labute approximate surface area is 79.1 Å². The summed E-state index contributed by atoms with van der Waals surface area (Å²) in [7, 11) is 0. The number of halogens is 1. The molecule has 1 atom stereocenters. The van der Waals surface area contributed by atoms with Gasteiger partial charge in [-0.2, -0.15) is 10.5 Å². The minimum absolute atomic E-state index is 0. The average molecular weight is 229 g/mol. The summed E-state index contributed by atoms with van der Waals surface area (Å²) < 4.78 is 0. The minimum atomic E-state index is -1.48. The van der Waals surface area contributed by atoms with Crippen molar-refractivity contribution in [3.8, 4) is 12.1 Å². The maximum absolute atomic E-state index is 8.51. The Kier molecular flexibility index (Phi) is 3.51. The molecule has 62 valence electrons. The summed E-state index contributed by atoms with van der Waals surface area (Å²) in [6.07, 6.45) is 1.20. The van der Waals surface area contributed by atoms with Crippen molar-refractivity contribution in [2.24, 2.45) is 15.8 Å². The number of aliphatic imine (C=N–C) groups is 2. The van der Waals surface area contributed by atoms with Crippen molar-refractivity contribution in [1.82, 2.24) is 5.43 Å². The van der Waals surface area contributed by atoms with E-state index in [9.17, 15) is 0 Å². The fraction of sp³-hybridized carbons (Fsp3) is 0.200. The molecule has 0 spiro atoms. The van der Waals surface area contributed by atoms with Gasteiger partial charge in [-0.25, -0.2) is 15.4 Å². The van der Waals surface area contributed by atoms with Crippen LogP contribution >= 0.6 is 17.0 Å². The van der Waals surface area contributed by atoms with Gasteiger partial charge in [0.15, 0.2) is 5.71 Å². The number of nitriles is 2. The van der Waals surface area contributed by atoms with Crippen molar-refractivity contribution < 1.29 is 0 Å². The van der Waals surface area contributed by atoms with E-state index in [-0.39, 0.29) is 22.7 Å². The van der Waals surface area contributed by atoms with E-state index in [2.05, 4.69) is 15.4 Å². The Morgan fingerprint density at radius 1 is 1.58 bits per heavy atom. The number of nitrogens with zero attached hydrogens (tertiary/aromatic N) is 4. The second kappa shape index (κ2) is 3.93. The molecule has 0 radical (unpaired) electrons. The third-order valence-electron chi connectivity index (χ3n) is 1.13. The zero-order chi connectivity index (χ0) is 8.32. The number of nitrogens with two attached hydrogens (primary N) is 1. The number of hydrazine groups is 1. The van der Waals surface area contributed by atoms with E-state index in [1.54, 1.807) is 12.1 Å². The first kappa shape index (κ1) is 10.7. The van der Waals surface area contributed by atoms with Gasteiger partial charge < -0.3 is 0 Å². The third kappa shape index (κ3) is 1.66. The standard InChI is InChI=1S/C5H4N6.BrH/c6-1-4-2-9-5(3-7,10-4)11-8;/h2,11H,8H2;1H. The van der Waals surface area contributed by atoms with Gasteiger partial charge in [-0.1, -0.05) is 0 Å². The van der Waals surface area contributed by atoms with Gasteiger partial charge in [0.05, 0.1) is 6.21 Å². The van der Waals surface area contributed by atoms with Gasteiger partial charge in [0, 0.05) is 0 Å². The van der Waals surface area contributed by atoms with Crippen molar-refractivity contribution in [2.45, 2.75) is 5.79 Å². The summed E-state index contributed by atoms with van der Waals surface area (Å²) in [6, 6.07) is 3.46. The van der Waals surface area contributed by atoms with Gasteiger partial charge in [-0.15, -0.1) is 17.0 Å². The van der Waals surface area contributed by atoms with Gasteiger partial charge in [0.1, 0.15) is 12.1 Å². The highest BCUT2D eigenvalue weighted by Crippen LogP contribution is 2.10. The molecular weight excluding hydrogens is 224 g/mol. The number of nitrogens with one attached hydrogen (secondary N) is 1. The van der Waals surface area contributed by atoms with Crippen molar-refractivity contribution >= 4 is 28.9 Å². The quantitative estimate of drug-likeness (QED) is 0.455. The smallest absolute Gasteiger partial charge is 0.267 e. The molecule has 0 aromatic rings. The van der Waals surface area contributed by atoms with Crippen LogP contribution in [0.4, 0.5) is 0 Å². The van der Waals surface area contributed by atoms with Crippen LogP contribution in [0.5, 0.6) is 0 Å². The molecule has 1 aliphatic rings. The molecule has 1 aliphatic heterocycles. The van der Waals surface area contributed by atoms with Crippen LogP contribution in [0.25, 0.3) is 0 Å². The molecule has 6 nitrogen and oxygen atoms in total. The van der Waals surface area contributed by atoms with Gasteiger partial charge in [-0.05, 0) is 0 Å². The Balaban J connectivity index is 0.00000121. The fourth-order valence-electron chi connectivity index (χ4n) is 0.596. The topological polar surface area (TPSA) is 110 Å². The molecule has 0 bridgehead atoms. The first-order valence-corrected chi connectivity index (χ1v) is 2.70. The summed E-state index contributed by atoms with van der Waals surface area (Å²) in [5, 5.41) is 16.8. The molecule has 1 rings (SSSR count). The molecule has 0 aromatic carbocycles. The van der Waals surface area contributed by atoms with Crippen molar-refractivity contribution in [3.05, 3.63) is 0 Å². The van der Waals surface area contributed by atoms with Crippen LogP contribution in [0.15, 0.2) is 9.98 Å². The summed E-state index contributed by atoms with van der Waals surface area (Å²) in [5.74, 6) is 3.51. The molecule has 7 heteroatoms. The van der Waals surface area contributed by atoms with Crippen LogP contribution in [-0.4, -0.2) is 17.7 Å². The molecule has 1 heterocycles. The SMILES string of the molecule is Br.N#CC1=NC(C#N)(NN)N=C1. The van der Waals surface area contributed by atoms with Crippen LogP contribution in [0, 0.1) is 22.7 Å². The summed E-state index contributed by atoms with van der Waals surface area (Å²) >= 11 is 0. The highest BCUT2D eigenvalue weighted by molar-refractivity contribution is 8.93. The highest BCUT2D eigenvalue weighted by atomic mass is 79.9. The van der Waals surface area contributed by atoms with E-state index in [0.717, 1.165) is 0 Å². The predicted molar refractivity (Wildman–Crippen MR) is 47.5 cm³/mol. The Morgan fingerprint density at radius 3 is 2.50 bits per heavy atom. The Hall–Kier alpha value is -1.28. The maximum atomic E-state index is 8.51. The van der Waals surface area contributed by atoms with Crippen LogP contribution in [0.3, 0.4) is 0 Å². The normalized spacial score (nSPS) is 25.1. The first-order chi connectivity index (χ1) is 5.26. The number of hydrogen-bond acceptors (Lipinski definition) is 6. The van der Waals surface area contributed by atoms with Gasteiger partial charge in [0.25, 0.3) is 0 Å². The van der Waals surface area contributed by atoms with Crippen LogP contribution in [0.2, 0.25) is 0 Å². The van der Waals surface area contributed by atoms with Crippen LogP contribution < -0.4 is 11.3 Å². The van der Waals surface area contributed by atoms with Gasteiger partial charge >= 0.3 is 5.79 Å². The molecule has 0 amide bonds. The van der Waals surface area contributed by atoms with Crippen molar-refractivity contribution in [1.29, 1.82) is 10.5 Å². The second-order valence-electron chi connectivity index (χ2n) is 1.80. The van der Waals surface area contributed by atoms with Gasteiger partial charge in [0.2, 0.25) is 0 Å². The Morgan fingerprint density at radius 2 is 2.25 bits per heavy atom. The molecule has 3 N–H and O–H groups in total. The monoisotopic (exact) mass is 228 g/mol. The molecule has 0 saturated heterocycles. The van der Waals surface area contributed by atoms with Crippen LogP contribution in [0.1, 0.15) is 0 Å². The van der Waals surface area contributed by atoms with Crippen molar-refractivity contribution in [2.75, 3.05) is 0 Å². The molecule has 1 unspecified atom stereocenters. The zero-order valence-electron chi connectivity index (χ0n) is 5.85. The Bertz CT molecular complexity index is 307. The largest absolute Gasteiger partial charge is 0.309 e. The molecule has 0 fully saturated rings. The summed E-state index contributed by atoms with van der Waals surface area (Å²) in [6.45, 7) is 0. The van der Waals surface area contributed by atoms with E-state index in [4.69, 9.17) is 16.4 Å². The van der Waals surface area contributed by atoms with E-state index in [0.29, 0.717) is 0 Å². The molecule has 0 aliphatic carbocycles. The van der Waals surface area contributed by atoms with E-state index >= 15 is 0 Å². The van der Waals surface area contributed by atoms with E-state index in [1.807, 2.05) is 0 Å². The number of rotatable bonds is 1. The lowest BCUT2D eigenvalue weighted by Crippen LogP contribution is -2.44. The lowest BCUT2D eigenvalue weighted by Gasteiger charge is -2.09. The first-order valence-electron chi connectivity index (χ1n) is 2.70.